The molecular weight excluding hydrogens is 318 g/mol. The molecule has 1 amide bonds. The number of methoxy groups -OCH3 is 1. The number of hydrogen-bond acceptors (Lipinski definition) is 4. The van der Waals surface area contributed by atoms with Crippen LogP contribution >= 0.6 is 0 Å². The van der Waals surface area contributed by atoms with Gasteiger partial charge in [-0.2, -0.15) is 0 Å². The van der Waals surface area contributed by atoms with Crippen LogP contribution in [0.2, 0.25) is 0 Å². The molecule has 25 heavy (non-hydrogen) atoms. The first kappa shape index (κ1) is 17.0. The van der Waals surface area contributed by atoms with Crippen LogP contribution in [0.25, 0.3) is 0 Å². The van der Waals surface area contributed by atoms with Crippen molar-refractivity contribution >= 4 is 17.6 Å². The molecule has 1 aliphatic rings. The highest BCUT2D eigenvalue weighted by Crippen LogP contribution is 2.29. The van der Waals surface area contributed by atoms with Gasteiger partial charge in [-0.05, 0) is 49.2 Å². The number of ether oxygens (including phenoxy) is 2. The van der Waals surface area contributed by atoms with Gasteiger partial charge in [-0.1, -0.05) is 12.1 Å². The van der Waals surface area contributed by atoms with E-state index in [1.165, 1.54) is 0 Å². The molecule has 1 heterocycles. The third kappa shape index (κ3) is 3.65. The Morgan fingerprint density at radius 2 is 1.88 bits per heavy atom. The molecule has 0 aliphatic carbocycles. The van der Waals surface area contributed by atoms with Gasteiger partial charge in [0.15, 0.2) is 0 Å². The molecule has 0 radical (unpaired) electrons. The number of carbonyl (C=O) groups is 2. The second-order valence-corrected chi connectivity index (χ2v) is 6.27. The van der Waals surface area contributed by atoms with E-state index < -0.39 is 5.92 Å². The summed E-state index contributed by atoms with van der Waals surface area (Å²) in [6.45, 7) is 4.29. The monoisotopic (exact) mass is 339 g/mol. The first-order valence-electron chi connectivity index (χ1n) is 8.21. The van der Waals surface area contributed by atoms with E-state index in [-0.39, 0.29) is 18.3 Å². The maximum Gasteiger partial charge on any atom is 0.316 e. The lowest BCUT2D eigenvalue weighted by atomic mass is 10.1. The first-order valence-corrected chi connectivity index (χ1v) is 8.21. The molecule has 1 aliphatic heterocycles. The highest BCUT2D eigenvalue weighted by Gasteiger charge is 2.36. The number of nitrogens with zero attached hydrogens (tertiary/aromatic N) is 1. The quantitative estimate of drug-likeness (QED) is 0.634. The van der Waals surface area contributed by atoms with Gasteiger partial charge in [0.2, 0.25) is 5.91 Å². The second kappa shape index (κ2) is 6.97. The van der Waals surface area contributed by atoms with Gasteiger partial charge < -0.3 is 14.4 Å². The minimum Gasteiger partial charge on any atom is -0.497 e. The van der Waals surface area contributed by atoms with E-state index in [1.54, 1.807) is 24.1 Å². The Hall–Kier alpha value is -2.82. The van der Waals surface area contributed by atoms with Crippen molar-refractivity contribution in [2.24, 2.45) is 5.92 Å². The number of rotatable bonds is 4. The van der Waals surface area contributed by atoms with Gasteiger partial charge in [-0.25, -0.2) is 0 Å². The van der Waals surface area contributed by atoms with Crippen LogP contribution in [0.15, 0.2) is 42.5 Å². The van der Waals surface area contributed by atoms with Crippen LogP contribution in [0.3, 0.4) is 0 Å². The molecule has 0 spiro atoms. The van der Waals surface area contributed by atoms with E-state index in [1.807, 2.05) is 44.2 Å². The average molecular weight is 339 g/mol. The van der Waals surface area contributed by atoms with Crippen LogP contribution in [0.4, 0.5) is 5.69 Å². The van der Waals surface area contributed by atoms with Crippen molar-refractivity contribution in [1.82, 2.24) is 0 Å². The highest BCUT2D eigenvalue weighted by atomic mass is 16.5. The third-order valence-electron chi connectivity index (χ3n) is 4.52. The van der Waals surface area contributed by atoms with Crippen molar-refractivity contribution in [3.63, 3.8) is 0 Å². The standard InChI is InChI=1S/C20H21NO4/c1-13-7-8-18(9-14(13)2)25-20(23)15-10-19(22)21(12-15)16-5-4-6-17(11-16)24-3/h4-9,11,15H,10,12H2,1-3H3/t15-/m1/s1. The minimum absolute atomic E-state index is 0.0877. The van der Waals surface area contributed by atoms with E-state index in [9.17, 15) is 9.59 Å². The number of hydrogen-bond donors (Lipinski definition) is 0. The summed E-state index contributed by atoms with van der Waals surface area (Å²) < 4.78 is 10.7. The normalized spacial score (nSPS) is 16.8. The molecule has 1 atom stereocenters. The zero-order valence-electron chi connectivity index (χ0n) is 14.6. The fourth-order valence-corrected chi connectivity index (χ4v) is 2.87. The summed E-state index contributed by atoms with van der Waals surface area (Å²) in [4.78, 5) is 26.4. The second-order valence-electron chi connectivity index (χ2n) is 6.27. The van der Waals surface area contributed by atoms with E-state index in [2.05, 4.69) is 0 Å². The average Bonchev–Trinajstić information content (AvgIpc) is 3.00. The van der Waals surface area contributed by atoms with Gasteiger partial charge >= 0.3 is 5.97 Å². The summed E-state index contributed by atoms with van der Waals surface area (Å²) in [7, 11) is 1.58. The summed E-state index contributed by atoms with van der Waals surface area (Å²) >= 11 is 0. The summed E-state index contributed by atoms with van der Waals surface area (Å²) in [5.41, 5.74) is 2.93. The number of benzene rings is 2. The molecule has 5 heteroatoms. The molecule has 0 saturated carbocycles. The molecule has 2 aromatic rings. The van der Waals surface area contributed by atoms with Crippen LogP contribution in [-0.2, 0) is 9.59 Å². The maximum absolute atomic E-state index is 12.4. The Morgan fingerprint density at radius 1 is 1.08 bits per heavy atom. The lowest BCUT2D eigenvalue weighted by Crippen LogP contribution is -2.27. The Labute approximate surface area is 147 Å². The van der Waals surface area contributed by atoms with Crippen LogP contribution in [-0.4, -0.2) is 25.5 Å². The summed E-state index contributed by atoms with van der Waals surface area (Å²) in [5.74, 6) is 0.254. The molecule has 3 rings (SSSR count). The summed E-state index contributed by atoms with van der Waals surface area (Å²) in [6.07, 6.45) is 0.154. The maximum atomic E-state index is 12.4. The van der Waals surface area contributed by atoms with Crippen molar-refractivity contribution in [3.05, 3.63) is 53.6 Å². The molecule has 2 aromatic carbocycles. The van der Waals surface area contributed by atoms with Gasteiger partial charge in [0.25, 0.3) is 0 Å². The summed E-state index contributed by atoms with van der Waals surface area (Å²) in [6, 6.07) is 12.8. The van der Waals surface area contributed by atoms with Crippen molar-refractivity contribution in [2.45, 2.75) is 20.3 Å². The lowest BCUT2D eigenvalue weighted by molar-refractivity contribution is -0.139. The molecule has 1 fully saturated rings. The van der Waals surface area contributed by atoms with E-state index >= 15 is 0 Å². The Balaban J connectivity index is 1.70. The van der Waals surface area contributed by atoms with Gasteiger partial charge in [0.05, 0.1) is 13.0 Å². The molecule has 0 N–H and O–H groups in total. The molecule has 130 valence electrons. The smallest absolute Gasteiger partial charge is 0.316 e. The molecule has 0 aromatic heterocycles. The van der Waals surface area contributed by atoms with Crippen molar-refractivity contribution in [3.8, 4) is 11.5 Å². The lowest BCUT2D eigenvalue weighted by Gasteiger charge is -2.17. The Bertz CT molecular complexity index is 815. The molecular formula is C20H21NO4. The van der Waals surface area contributed by atoms with Gasteiger partial charge in [-0.3, -0.25) is 9.59 Å². The predicted octanol–water partition coefficient (Wildman–Crippen LogP) is 3.27. The van der Waals surface area contributed by atoms with E-state index in [0.717, 1.165) is 16.8 Å². The Morgan fingerprint density at radius 3 is 2.60 bits per heavy atom. The summed E-state index contributed by atoms with van der Waals surface area (Å²) in [5, 5.41) is 0. The number of anilines is 1. The zero-order valence-corrected chi connectivity index (χ0v) is 14.6. The minimum atomic E-state index is -0.472. The predicted molar refractivity (Wildman–Crippen MR) is 95.0 cm³/mol. The Kier molecular flexibility index (Phi) is 4.74. The third-order valence-corrected chi connectivity index (χ3v) is 4.52. The molecule has 0 bridgehead atoms. The van der Waals surface area contributed by atoms with Crippen molar-refractivity contribution in [1.29, 1.82) is 0 Å². The van der Waals surface area contributed by atoms with Crippen LogP contribution in [0.1, 0.15) is 17.5 Å². The van der Waals surface area contributed by atoms with E-state index in [0.29, 0.717) is 18.0 Å². The molecule has 1 saturated heterocycles. The number of esters is 1. The topological polar surface area (TPSA) is 55.8 Å². The fraction of sp³-hybridized carbons (Fsp3) is 0.300. The van der Waals surface area contributed by atoms with Crippen LogP contribution in [0, 0.1) is 19.8 Å². The molecule has 0 unspecified atom stereocenters. The zero-order chi connectivity index (χ0) is 18.0. The van der Waals surface area contributed by atoms with Gasteiger partial charge in [0, 0.05) is 24.7 Å². The fourth-order valence-electron chi connectivity index (χ4n) is 2.87. The van der Waals surface area contributed by atoms with Crippen molar-refractivity contribution < 1.29 is 19.1 Å². The van der Waals surface area contributed by atoms with Gasteiger partial charge in [0.1, 0.15) is 11.5 Å². The SMILES string of the molecule is COc1cccc(N2C[C@H](C(=O)Oc3ccc(C)c(C)c3)CC2=O)c1. The van der Waals surface area contributed by atoms with E-state index in [4.69, 9.17) is 9.47 Å². The van der Waals surface area contributed by atoms with Crippen LogP contribution < -0.4 is 14.4 Å². The first-order chi connectivity index (χ1) is 12.0. The number of amides is 1. The van der Waals surface area contributed by atoms with Gasteiger partial charge in [-0.15, -0.1) is 0 Å². The largest absolute Gasteiger partial charge is 0.497 e. The number of aryl methyl sites for hydroxylation is 2. The van der Waals surface area contributed by atoms with Crippen molar-refractivity contribution in [2.75, 3.05) is 18.6 Å². The molecule has 5 nitrogen and oxygen atoms in total. The highest BCUT2D eigenvalue weighted by molar-refractivity contribution is 5.99. The van der Waals surface area contributed by atoms with Crippen LogP contribution in [0.5, 0.6) is 11.5 Å². The number of carbonyl (C=O) groups excluding carboxylic acids is 2.